The summed E-state index contributed by atoms with van der Waals surface area (Å²) in [4.78, 5) is 49.1. The Hall–Kier alpha value is -3.13. The molecular formula is C26H34Cl2N8O4S. The number of nitrogens with zero attached hydrogens (tertiary/aromatic N) is 6. The number of hydrogen-bond acceptors (Lipinski definition) is 11. The van der Waals surface area contributed by atoms with Gasteiger partial charge in [0, 0.05) is 60.2 Å². The van der Waals surface area contributed by atoms with Crippen molar-refractivity contribution in [1.29, 1.82) is 0 Å². The van der Waals surface area contributed by atoms with Crippen LogP contribution >= 0.6 is 34.5 Å². The molecule has 0 bridgehead atoms. The Morgan fingerprint density at radius 1 is 1.17 bits per heavy atom. The molecule has 1 aliphatic heterocycles. The topological polar surface area (TPSA) is 129 Å². The van der Waals surface area contributed by atoms with Crippen molar-refractivity contribution in [2.45, 2.75) is 32.4 Å². The Morgan fingerprint density at radius 2 is 1.90 bits per heavy atom. The van der Waals surface area contributed by atoms with Gasteiger partial charge in [0.15, 0.2) is 5.13 Å². The predicted octanol–water partition coefficient (Wildman–Crippen LogP) is 3.88. The zero-order valence-corrected chi connectivity index (χ0v) is 26.4. The lowest BCUT2D eigenvalue weighted by atomic mass is 10.0. The van der Waals surface area contributed by atoms with Crippen molar-refractivity contribution in [3.05, 3.63) is 32.4 Å². The van der Waals surface area contributed by atoms with E-state index in [4.69, 9.17) is 37.7 Å². The predicted molar refractivity (Wildman–Crippen MR) is 162 cm³/mol. The highest BCUT2D eigenvalue weighted by Gasteiger charge is 2.34. The number of ether oxygens (including phenoxy) is 2. The third kappa shape index (κ3) is 6.53. The molecule has 12 nitrogen and oxygen atoms in total. The number of aromatic amines is 1. The highest BCUT2D eigenvalue weighted by atomic mass is 35.5. The molecule has 2 unspecified atom stereocenters. The highest BCUT2D eigenvalue weighted by molar-refractivity contribution is 7.17. The largest absolute Gasteiger partial charge is 0.462 e. The van der Waals surface area contributed by atoms with Crippen LogP contribution in [0.15, 0.2) is 6.07 Å². The van der Waals surface area contributed by atoms with E-state index >= 15 is 0 Å². The second-order valence-electron chi connectivity index (χ2n) is 9.94. The number of aryl methyl sites for hydroxylation is 1. The minimum Gasteiger partial charge on any atom is -0.462 e. The Labute approximate surface area is 253 Å². The molecule has 0 radical (unpaired) electrons. The first-order chi connectivity index (χ1) is 19.4. The molecule has 3 aromatic rings. The number of piperidine rings is 1. The lowest BCUT2D eigenvalue weighted by Crippen LogP contribution is -2.55. The SMILES string of the molecule is CCOC(=O)c1sc(N2CCC(NC(=O)c3[nH]c(C)c(Cl)c3Cl)C(OC)C2)nc1-c1cc(N(C)C)nc(N(C)C)n1. The van der Waals surface area contributed by atoms with Gasteiger partial charge >= 0.3 is 5.97 Å². The molecule has 4 rings (SSSR count). The van der Waals surface area contributed by atoms with Crippen LogP contribution in [-0.2, 0) is 9.47 Å². The highest BCUT2D eigenvalue weighted by Crippen LogP contribution is 2.36. The number of carbonyl (C=O) groups excluding carboxylic acids is 2. The van der Waals surface area contributed by atoms with Gasteiger partial charge in [-0.2, -0.15) is 4.98 Å². The third-order valence-electron chi connectivity index (χ3n) is 6.61. The second kappa shape index (κ2) is 12.8. The van der Waals surface area contributed by atoms with Gasteiger partial charge < -0.3 is 34.5 Å². The van der Waals surface area contributed by atoms with Gasteiger partial charge in [-0.1, -0.05) is 34.5 Å². The van der Waals surface area contributed by atoms with Crippen molar-refractivity contribution in [2.75, 3.05) is 69.7 Å². The lowest BCUT2D eigenvalue weighted by molar-refractivity contribution is 0.0531. The molecule has 2 N–H and O–H groups in total. The monoisotopic (exact) mass is 624 g/mol. The van der Waals surface area contributed by atoms with Crippen LogP contribution < -0.4 is 20.0 Å². The number of thiazole rings is 1. The number of carbonyl (C=O) groups is 2. The molecule has 0 spiro atoms. The number of methoxy groups -OCH3 is 1. The van der Waals surface area contributed by atoms with Crippen molar-refractivity contribution in [3.8, 4) is 11.4 Å². The Balaban J connectivity index is 1.62. The van der Waals surface area contributed by atoms with Crippen LogP contribution in [0.5, 0.6) is 0 Å². The van der Waals surface area contributed by atoms with Crippen molar-refractivity contribution in [2.24, 2.45) is 0 Å². The summed E-state index contributed by atoms with van der Waals surface area (Å²) in [5, 5.41) is 4.16. The molecule has 2 atom stereocenters. The molecule has 41 heavy (non-hydrogen) atoms. The van der Waals surface area contributed by atoms with E-state index in [9.17, 15) is 9.59 Å². The Kier molecular flexibility index (Phi) is 9.62. The molecular weight excluding hydrogens is 591 g/mol. The fourth-order valence-electron chi connectivity index (χ4n) is 4.39. The normalized spacial score (nSPS) is 17.0. The van der Waals surface area contributed by atoms with Crippen LogP contribution in [0.1, 0.15) is 39.2 Å². The van der Waals surface area contributed by atoms with Gasteiger partial charge in [-0.15, -0.1) is 0 Å². The Morgan fingerprint density at radius 3 is 2.49 bits per heavy atom. The van der Waals surface area contributed by atoms with Crippen molar-refractivity contribution in [3.63, 3.8) is 0 Å². The van der Waals surface area contributed by atoms with E-state index in [0.717, 1.165) is 0 Å². The van der Waals surface area contributed by atoms with Crippen LogP contribution in [0.2, 0.25) is 10.0 Å². The Bertz CT molecular complexity index is 1400. The molecule has 3 aromatic heterocycles. The van der Waals surface area contributed by atoms with E-state index in [1.165, 1.54) is 11.3 Å². The van der Waals surface area contributed by atoms with Crippen molar-refractivity contribution in [1.82, 2.24) is 25.3 Å². The fraction of sp³-hybridized carbons (Fsp3) is 0.500. The summed E-state index contributed by atoms with van der Waals surface area (Å²) in [6.07, 6.45) is 0.221. The fourth-order valence-corrected chi connectivity index (χ4v) is 5.81. The number of H-pyrrole nitrogens is 1. The van der Waals surface area contributed by atoms with Crippen LogP contribution in [0.3, 0.4) is 0 Å². The van der Waals surface area contributed by atoms with Crippen molar-refractivity contribution < 1.29 is 19.1 Å². The van der Waals surface area contributed by atoms with E-state index in [0.29, 0.717) is 63.4 Å². The van der Waals surface area contributed by atoms with E-state index in [-0.39, 0.29) is 35.4 Å². The number of esters is 1. The summed E-state index contributed by atoms with van der Waals surface area (Å²) in [6, 6.07) is 1.52. The zero-order valence-electron chi connectivity index (χ0n) is 24.0. The van der Waals surface area contributed by atoms with Gasteiger partial charge in [0.1, 0.15) is 22.1 Å². The first-order valence-electron chi connectivity index (χ1n) is 13.0. The first-order valence-corrected chi connectivity index (χ1v) is 14.6. The van der Waals surface area contributed by atoms with E-state index in [1.807, 2.05) is 38.0 Å². The molecule has 0 saturated carbocycles. The summed E-state index contributed by atoms with van der Waals surface area (Å²) < 4.78 is 11.1. The summed E-state index contributed by atoms with van der Waals surface area (Å²) >= 11 is 13.6. The van der Waals surface area contributed by atoms with Gasteiger partial charge in [0.05, 0.1) is 34.5 Å². The average molecular weight is 626 g/mol. The number of aromatic nitrogens is 4. The molecule has 1 amide bonds. The maximum Gasteiger partial charge on any atom is 0.350 e. The van der Waals surface area contributed by atoms with Gasteiger partial charge in [-0.3, -0.25) is 4.79 Å². The maximum absolute atomic E-state index is 13.0. The van der Waals surface area contributed by atoms with Crippen LogP contribution in [0, 0.1) is 6.92 Å². The molecule has 222 valence electrons. The van der Waals surface area contributed by atoms with Crippen LogP contribution in [0.4, 0.5) is 16.9 Å². The summed E-state index contributed by atoms with van der Waals surface area (Å²) in [5.41, 5.74) is 1.78. The van der Waals surface area contributed by atoms with Gasteiger partial charge in [0.25, 0.3) is 5.91 Å². The number of anilines is 3. The van der Waals surface area contributed by atoms with Crippen LogP contribution in [0.25, 0.3) is 11.4 Å². The first kappa shape index (κ1) is 30.8. The third-order valence-corrected chi connectivity index (χ3v) is 8.65. The van der Waals surface area contributed by atoms with Gasteiger partial charge in [0.2, 0.25) is 5.95 Å². The smallest absolute Gasteiger partial charge is 0.350 e. The zero-order chi connectivity index (χ0) is 30.0. The molecule has 0 aliphatic carbocycles. The summed E-state index contributed by atoms with van der Waals surface area (Å²) in [5.74, 6) is 0.344. The number of rotatable bonds is 9. The number of hydrogen-bond donors (Lipinski definition) is 2. The molecule has 15 heteroatoms. The van der Waals surface area contributed by atoms with Gasteiger partial charge in [-0.05, 0) is 20.3 Å². The molecule has 4 heterocycles. The quantitative estimate of drug-likeness (QED) is 0.338. The average Bonchev–Trinajstić information content (AvgIpc) is 3.50. The number of amides is 1. The molecule has 1 saturated heterocycles. The van der Waals surface area contributed by atoms with E-state index in [2.05, 4.69) is 20.3 Å². The van der Waals surface area contributed by atoms with Crippen molar-refractivity contribution >= 4 is 63.3 Å². The minimum absolute atomic E-state index is 0.189. The number of nitrogens with one attached hydrogen (secondary N) is 2. The van der Waals surface area contributed by atoms with Gasteiger partial charge in [-0.25, -0.2) is 14.8 Å². The van der Waals surface area contributed by atoms with E-state index < -0.39 is 5.97 Å². The van der Waals surface area contributed by atoms with E-state index in [1.54, 1.807) is 31.9 Å². The molecule has 1 fully saturated rings. The number of halogens is 2. The maximum atomic E-state index is 13.0. The second-order valence-corrected chi connectivity index (χ2v) is 11.7. The molecule has 1 aliphatic rings. The summed E-state index contributed by atoms with van der Waals surface area (Å²) in [6.45, 7) is 4.74. The minimum atomic E-state index is -0.468. The molecule has 0 aromatic carbocycles. The standard InChI is InChI=1S/C26H34Cl2N8O4S/c1-8-40-24(38)22-20(15-11-17(34(3)4)32-25(31-15)35(5)6)33-26(41-22)36-10-9-14(16(12-36)39-7)30-23(37)21-19(28)18(27)13(2)29-21/h11,14,16,29H,8-10,12H2,1-7H3,(H,30,37). The summed E-state index contributed by atoms with van der Waals surface area (Å²) in [7, 11) is 9.07. The van der Waals surface area contributed by atoms with Crippen LogP contribution in [-0.4, -0.2) is 99.0 Å². The lowest BCUT2D eigenvalue weighted by Gasteiger charge is -2.37.